The second kappa shape index (κ2) is 10.9. The zero-order valence-corrected chi connectivity index (χ0v) is 17.7. The van der Waals surface area contributed by atoms with Crippen LogP contribution in [0.2, 0.25) is 0 Å². The van der Waals surface area contributed by atoms with Crippen molar-refractivity contribution in [2.75, 3.05) is 19.6 Å². The smallest absolute Gasteiger partial charge is 0.191 e. The van der Waals surface area contributed by atoms with Crippen molar-refractivity contribution < 1.29 is 0 Å². The molecule has 1 saturated heterocycles. The first-order valence-electron chi connectivity index (χ1n) is 8.79. The molecule has 1 aromatic heterocycles. The molecule has 138 valence electrons. The lowest BCUT2D eigenvalue weighted by atomic mass is 10.0. The monoisotopic (exact) mass is 449 g/mol. The molecule has 1 aliphatic rings. The van der Waals surface area contributed by atoms with Crippen molar-refractivity contribution in [3.63, 3.8) is 0 Å². The Bertz CT molecular complexity index is 492. The topological polar surface area (TPSA) is 70.4 Å². The standard InChI is InChI=1S/C16H31N7.HI/c1-5-17-16(18-11-15-21-19-12-22(15)6-2)20-14-7-9-23(10-8-14)13(3)4;/h12-14H,5-11H2,1-4H3,(H2,17,18,20);1H. The number of hydrogen-bond acceptors (Lipinski definition) is 4. The summed E-state index contributed by atoms with van der Waals surface area (Å²) in [5, 5.41) is 15.0. The molecule has 0 atom stereocenters. The predicted molar refractivity (Wildman–Crippen MR) is 109 cm³/mol. The Kier molecular flexibility index (Phi) is 9.57. The zero-order chi connectivity index (χ0) is 16.7. The molecule has 0 aliphatic carbocycles. The molecule has 0 bridgehead atoms. The normalized spacial score (nSPS) is 17.0. The number of guanidine groups is 1. The third kappa shape index (κ3) is 6.19. The van der Waals surface area contributed by atoms with Crippen LogP contribution < -0.4 is 10.6 Å². The molecule has 7 nitrogen and oxygen atoms in total. The lowest BCUT2D eigenvalue weighted by Crippen LogP contribution is -2.49. The minimum absolute atomic E-state index is 0. The third-order valence-corrected chi connectivity index (χ3v) is 4.36. The van der Waals surface area contributed by atoms with Crippen molar-refractivity contribution in [2.24, 2.45) is 4.99 Å². The molecule has 2 N–H and O–H groups in total. The van der Waals surface area contributed by atoms with E-state index in [9.17, 15) is 0 Å². The van der Waals surface area contributed by atoms with Crippen LogP contribution in [-0.4, -0.2) is 57.3 Å². The van der Waals surface area contributed by atoms with Crippen molar-refractivity contribution in [3.8, 4) is 0 Å². The van der Waals surface area contributed by atoms with Gasteiger partial charge in [0, 0.05) is 38.3 Å². The number of nitrogens with one attached hydrogen (secondary N) is 2. The number of piperidine rings is 1. The summed E-state index contributed by atoms with van der Waals surface area (Å²) in [4.78, 5) is 7.20. The molecular formula is C16H32IN7. The summed E-state index contributed by atoms with van der Waals surface area (Å²) < 4.78 is 2.02. The predicted octanol–water partition coefficient (Wildman–Crippen LogP) is 1.84. The van der Waals surface area contributed by atoms with Crippen molar-refractivity contribution in [1.29, 1.82) is 0 Å². The Labute approximate surface area is 162 Å². The van der Waals surface area contributed by atoms with E-state index in [0.717, 1.165) is 50.8 Å². The fourth-order valence-electron chi connectivity index (χ4n) is 2.89. The Morgan fingerprint density at radius 1 is 1.33 bits per heavy atom. The first-order valence-corrected chi connectivity index (χ1v) is 8.79. The van der Waals surface area contributed by atoms with Gasteiger partial charge in [-0.3, -0.25) is 0 Å². The molecule has 0 amide bonds. The van der Waals surface area contributed by atoms with Crippen LogP contribution in [0.4, 0.5) is 0 Å². The van der Waals surface area contributed by atoms with Crippen molar-refractivity contribution in [1.82, 2.24) is 30.3 Å². The summed E-state index contributed by atoms with van der Waals surface area (Å²) in [7, 11) is 0. The highest BCUT2D eigenvalue weighted by molar-refractivity contribution is 14.0. The molecule has 2 rings (SSSR count). The van der Waals surface area contributed by atoms with Gasteiger partial charge >= 0.3 is 0 Å². The number of halogens is 1. The van der Waals surface area contributed by atoms with Gasteiger partial charge in [0.15, 0.2) is 11.8 Å². The van der Waals surface area contributed by atoms with Crippen LogP contribution in [-0.2, 0) is 13.1 Å². The second-order valence-electron chi connectivity index (χ2n) is 6.28. The molecule has 24 heavy (non-hydrogen) atoms. The highest BCUT2D eigenvalue weighted by atomic mass is 127. The summed E-state index contributed by atoms with van der Waals surface area (Å²) in [5.74, 6) is 1.78. The number of aliphatic imine (C=N–C) groups is 1. The number of rotatable bonds is 6. The summed E-state index contributed by atoms with van der Waals surface area (Å²) in [6.07, 6.45) is 4.08. The van der Waals surface area contributed by atoms with Gasteiger partial charge in [-0.1, -0.05) is 0 Å². The van der Waals surface area contributed by atoms with Crippen molar-refractivity contribution >= 4 is 29.9 Å². The SMILES string of the molecule is CCNC(=NCc1nncn1CC)NC1CCN(C(C)C)CC1.I. The molecule has 8 heteroatoms. The van der Waals surface area contributed by atoms with E-state index in [-0.39, 0.29) is 24.0 Å². The second-order valence-corrected chi connectivity index (χ2v) is 6.28. The van der Waals surface area contributed by atoms with Crippen LogP contribution in [0.5, 0.6) is 0 Å². The van der Waals surface area contributed by atoms with Crippen molar-refractivity contribution in [3.05, 3.63) is 12.2 Å². The number of hydrogen-bond donors (Lipinski definition) is 2. The average Bonchev–Trinajstić information content (AvgIpc) is 3.01. The molecule has 0 spiro atoms. The molecule has 0 radical (unpaired) electrons. The van der Waals surface area contributed by atoms with Gasteiger partial charge in [-0.15, -0.1) is 34.2 Å². The quantitative estimate of drug-likeness (QED) is 0.394. The Morgan fingerprint density at radius 3 is 2.62 bits per heavy atom. The van der Waals surface area contributed by atoms with E-state index in [2.05, 4.69) is 58.4 Å². The van der Waals surface area contributed by atoms with E-state index in [1.807, 2.05) is 4.57 Å². The van der Waals surface area contributed by atoms with Gasteiger partial charge in [0.25, 0.3) is 0 Å². The van der Waals surface area contributed by atoms with Crippen LogP contribution in [0.25, 0.3) is 0 Å². The van der Waals surface area contributed by atoms with Crippen LogP contribution >= 0.6 is 24.0 Å². The number of aromatic nitrogens is 3. The van der Waals surface area contributed by atoms with Gasteiger partial charge in [-0.05, 0) is 40.5 Å². The highest BCUT2D eigenvalue weighted by Crippen LogP contribution is 2.12. The first kappa shape index (κ1) is 21.1. The summed E-state index contributed by atoms with van der Waals surface area (Å²) in [5.41, 5.74) is 0. The Balaban J connectivity index is 0.00000288. The van der Waals surface area contributed by atoms with E-state index >= 15 is 0 Å². The van der Waals surface area contributed by atoms with E-state index in [1.165, 1.54) is 0 Å². The van der Waals surface area contributed by atoms with Gasteiger partial charge in [0.2, 0.25) is 0 Å². The summed E-state index contributed by atoms with van der Waals surface area (Å²) in [6, 6.07) is 1.13. The molecular weight excluding hydrogens is 417 g/mol. The fraction of sp³-hybridized carbons (Fsp3) is 0.812. The van der Waals surface area contributed by atoms with Gasteiger partial charge < -0.3 is 20.1 Å². The summed E-state index contributed by atoms with van der Waals surface area (Å²) >= 11 is 0. The van der Waals surface area contributed by atoms with Crippen molar-refractivity contribution in [2.45, 2.75) is 65.7 Å². The zero-order valence-electron chi connectivity index (χ0n) is 15.3. The van der Waals surface area contributed by atoms with Gasteiger partial charge in [-0.25, -0.2) is 4.99 Å². The average molecular weight is 449 g/mol. The molecule has 0 saturated carbocycles. The maximum Gasteiger partial charge on any atom is 0.191 e. The van der Waals surface area contributed by atoms with Crippen LogP contribution in [0, 0.1) is 0 Å². The Hall–Kier alpha value is -0.900. The third-order valence-electron chi connectivity index (χ3n) is 4.36. The number of likely N-dealkylation sites (tertiary alicyclic amines) is 1. The van der Waals surface area contributed by atoms with E-state index in [0.29, 0.717) is 18.6 Å². The van der Waals surface area contributed by atoms with E-state index < -0.39 is 0 Å². The minimum Gasteiger partial charge on any atom is -0.357 e. The molecule has 0 unspecified atom stereocenters. The van der Waals surface area contributed by atoms with Crippen LogP contribution in [0.3, 0.4) is 0 Å². The minimum atomic E-state index is 0. The van der Waals surface area contributed by atoms with Gasteiger partial charge in [0.05, 0.1) is 0 Å². The molecule has 0 aromatic carbocycles. The highest BCUT2D eigenvalue weighted by Gasteiger charge is 2.21. The van der Waals surface area contributed by atoms with E-state index in [4.69, 9.17) is 0 Å². The maximum absolute atomic E-state index is 4.67. The van der Waals surface area contributed by atoms with E-state index in [1.54, 1.807) is 6.33 Å². The largest absolute Gasteiger partial charge is 0.357 e. The molecule has 2 heterocycles. The summed E-state index contributed by atoms with van der Waals surface area (Å²) in [6.45, 7) is 13.3. The van der Waals surface area contributed by atoms with Gasteiger partial charge in [-0.2, -0.15) is 0 Å². The lowest BCUT2D eigenvalue weighted by Gasteiger charge is -2.35. The molecule has 1 fully saturated rings. The van der Waals surface area contributed by atoms with Gasteiger partial charge in [0.1, 0.15) is 12.9 Å². The van der Waals surface area contributed by atoms with Crippen LogP contribution in [0.1, 0.15) is 46.4 Å². The maximum atomic E-state index is 4.67. The number of aryl methyl sites for hydroxylation is 1. The first-order chi connectivity index (χ1) is 11.1. The van der Waals surface area contributed by atoms with Crippen LogP contribution in [0.15, 0.2) is 11.3 Å². The molecule has 1 aliphatic heterocycles. The lowest BCUT2D eigenvalue weighted by molar-refractivity contribution is 0.167. The number of nitrogens with zero attached hydrogens (tertiary/aromatic N) is 5. The fourth-order valence-corrected chi connectivity index (χ4v) is 2.89. The molecule has 1 aromatic rings. The Morgan fingerprint density at radius 2 is 2.04 bits per heavy atom.